The van der Waals surface area contributed by atoms with Gasteiger partial charge >= 0.3 is 0 Å². The van der Waals surface area contributed by atoms with Crippen molar-refractivity contribution in [3.63, 3.8) is 0 Å². The largest absolute Gasteiger partial charge is 0.0884 e. The van der Waals surface area contributed by atoms with E-state index in [9.17, 15) is 0 Å². The van der Waals surface area contributed by atoms with E-state index in [-0.39, 0.29) is 0 Å². The molecule has 0 nitrogen and oxygen atoms in total. The van der Waals surface area contributed by atoms with E-state index in [1.54, 1.807) is 0 Å². The average molecular weight is 260 g/mol. The highest BCUT2D eigenvalue weighted by atomic mass is 31.1. The molecule has 0 saturated carbocycles. The lowest BCUT2D eigenvalue weighted by Crippen LogP contribution is -2.07. The molecule has 0 heterocycles. The maximum absolute atomic E-state index is 2.37. The third kappa shape index (κ3) is 4.10. The van der Waals surface area contributed by atoms with Crippen LogP contribution in [0.4, 0.5) is 0 Å². The fraction of sp³-hybridized carbons (Fsp3) is 0.412. The number of allylic oxidation sites excluding steroid dienone is 4. The van der Waals surface area contributed by atoms with Gasteiger partial charge in [0.1, 0.15) is 0 Å². The van der Waals surface area contributed by atoms with Crippen molar-refractivity contribution in [1.29, 1.82) is 0 Å². The van der Waals surface area contributed by atoms with Crippen molar-refractivity contribution < 1.29 is 0 Å². The number of rotatable bonds is 4. The fourth-order valence-electron chi connectivity index (χ4n) is 1.83. The predicted molar refractivity (Wildman–Crippen MR) is 86.4 cm³/mol. The van der Waals surface area contributed by atoms with Gasteiger partial charge < -0.3 is 0 Å². The summed E-state index contributed by atoms with van der Waals surface area (Å²) in [6.07, 6.45) is 5.52. The Morgan fingerprint density at radius 3 is 2.22 bits per heavy atom. The molecule has 0 radical (unpaired) electrons. The zero-order valence-electron chi connectivity index (χ0n) is 12.5. The summed E-state index contributed by atoms with van der Waals surface area (Å²) < 4.78 is 0. The molecule has 0 spiro atoms. The lowest BCUT2D eigenvalue weighted by Gasteiger charge is -2.14. The molecule has 0 aliphatic carbocycles. The Balaban J connectivity index is 3.16. The van der Waals surface area contributed by atoms with Crippen molar-refractivity contribution in [2.45, 2.75) is 48.0 Å². The summed E-state index contributed by atoms with van der Waals surface area (Å²) in [5.41, 5.74) is 5.75. The van der Waals surface area contributed by atoms with E-state index >= 15 is 0 Å². The van der Waals surface area contributed by atoms with Crippen LogP contribution in [0.5, 0.6) is 0 Å². The predicted octanol–water partition coefficient (Wildman–Crippen LogP) is 5.04. The van der Waals surface area contributed by atoms with Crippen LogP contribution >= 0.6 is 8.58 Å². The minimum absolute atomic E-state index is 0.805. The summed E-state index contributed by atoms with van der Waals surface area (Å²) in [7, 11) is 0.805. The lowest BCUT2D eigenvalue weighted by atomic mass is 10.0. The molecule has 1 atom stereocenters. The molecule has 1 rings (SSSR count). The Morgan fingerprint density at radius 1 is 1.06 bits per heavy atom. The Morgan fingerprint density at radius 2 is 1.67 bits per heavy atom. The van der Waals surface area contributed by atoms with Crippen LogP contribution < -0.4 is 5.30 Å². The van der Waals surface area contributed by atoms with Gasteiger partial charge in [0.05, 0.1) is 0 Å². The lowest BCUT2D eigenvalue weighted by molar-refractivity contribution is 1.13. The van der Waals surface area contributed by atoms with Gasteiger partial charge in [-0.1, -0.05) is 43.8 Å². The number of aryl methyl sites for hydroxylation is 2. The molecule has 0 saturated heterocycles. The van der Waals surface area contributed by atoms with Gasteiger partial charge in [-0.25, -0.2) is 0 Å². The normalized spacial score (nSPS) is 13.7. The van der Waals surface area contributed by atoms with E-state index in [4.69, 9.17) is 0 Å². The number of hydrogen-bond acceptors (Lipinski definition) is 0. The van der Waals surface area contributed by atoms with Gasteiger partial charge in [-0.2, -0.15) is 0 Å². The first kappa shape index (κ1) is 15.2. The molecular formula is C17H25P. The van der Waals surface area contributed by atoms with E-state index in [2.05, 4.69) is 65.8 Å². The van der Waals surface area contributed by atoms with Gasteiger partial charge in [0.2, 0.25) is 0 Å². The molecule has 0 bridgehead atoms. The molecule has 18 heavy (non-hydrogen) atoms. The monoisotopic (exact) mass is 260 g/mol. The van der Waals surface area contributed by atoms with Crippen LogP contribution in [0.3, 0.4) is 0 Å². The molecule has 0 amide bonds. The molecule has 1 aromatic carbocycles. The standard InChI is InChI=1S/C17H25P/c1-7-12(3)9-16-10-13(4)14(5)11-17(16)18-15(6)8-2/h7-8,10-11,18H,9H2,1-6H3. The van der Waals surface area contributed by atoms with Crippen LogP contribution in [0, 0.1) is 13.8 Å². The Hall–Kier alpha value is -0.870. The van der Waals surface area contributed by atoms with Gasteiger partial charge in [0, 0.05) is 0 Å². The highest BCUT2D eigenvalue weighted by Crippen LogP contribution is 2.26. The van der Waals surface area contributed by atoms with Crippen molar-refractivity contribution in [1.82, 2.24) is 0 Å². The highest BCUT2D eigenvalue weighted by molar-refractivity contribution is 7.51. The van der Waals surface area contributed by atoms with Crippen molar-refractivity contribution in [3.8, 4) is 0 Å². The molecule has 98 valence electrons. The Bertz CT molecular complexity index is 434. The van der Waals surface area contributed by atoms with Crippen molar-refractivity contribution in [2.75, 3.05) is 0 Å². The van der Waals surface area contributed by atoms with Crippen molar-refractivity contribution >= 4 is 13.9 Å². The van der Waals surface area contributed by atoms with Gasteiger partial charge in [-0.3, -0.25) is 0 Å². The zero-order valence-corrected chi connectivity index (χ0v) is 13.5. The fourth-order valence-corrected chi connectivity index (χ4v) is 3.00. The summed E-state index contributed by atoms with van der Waals surface area (Å²) in [6.45, 7) is 13.1. The average Bonchev–Trinajstić information content (AvgIpc) is 2.34. The van der Waals surface area contributed by atoms with Gasteiger partial charge in [0.25, 0.3) is 0 Å². The van der Waals surface area contributed by atoms with Crippen LogP contribution in [0.2, 0.25) is 0 Å². The van der Waals surface area contributed by atoms with E-state index in [1.807, 2.05) is 0 Å². The Labute approximate surface area is 114 Å². The molecule has 0 N–H and O–H groups in total. The first-order valence-electron chi connectivity index (χ1n) is 6.59. The van der Waals surface area contributed by atoms with E-state index in [0.717, 1.165) is 15.0 Å². The third-order valence-electron chi connectivity index (χ3n) is 3.45. The molecule has 0 fully saturated rings. The second-order valence-electron chi connectivity index (χ2n) is 5.00. The van der Waals surface area contributed by atoms with Crippen molar-refractivity contribution in [3.05, 3.63) is 51.9 Å². The quantitative estimate of drug-likeness (QED) is 0.525. The van der Waals surface area contributed by atoms with E-state index in [0.29, 0.717) is 0 Å². The van der Waals surface area contributed by atoms with Crippen LogP contribution in [-0.2, 0) is 6.42 Å². The minimum atomic E-state index is 0.805. The number of hydrogen-bond donors (Lipinski definition) is 0. The Kier molecular flexibility index (Phi) is 5.82. The van der Waals surface area contributed by atoms with Crippen LogP contribution in [-0.4, -0.2) is 0 Å². The molecule has 0 aliphatic rings. The molecule has 0 aliphatic heterocycles. The second kappa shape index (κ2) is 6.90. The van der Waals surface area contributed by atoms with E-state index < -0.39 is 0 Å². The molecule has 1 heteroatoms. The van der Waals surface area contributed by atoms with E-state index in [1.165, 1.54) is 32.9 Å². The third-order valence-corrected chi connectivity index (χ3v) is 4.86. The summed E-state index contributed by atoms with van der Waals surface area (Å²) in [5, 5.41) is 2.98. The molecule has 0 aromatic heterocycles. The van der Waals surface area contributed by atoms with Gasteiger partial charge in [-0.15, -0.1) is 0 Å². The molecule has 1 aromatic rings. The maximum Gasteiger partial charge on any atom is -0.00635 e. The second-order valence-corrected chi connectivity index (χ2v) is 6.58. The summed E-state index contributed by atoms with van der Waals surface area (Å²) in [4.78, 5) is 0. The van der Waals surface area contributed by atoms with Crippen molar-refractivity contribution in [2.24, 2.45) is 0 Å². The van der Waals surface area contributed by atoms with Crippen LogP contribution in [0.1, 0.15) is 44.4 Å². The SMILES string of the molecule is CC=C(C)Cc1cc(C)c(C)cc1PC(C)=CC. The van der Waals surface area contributed by atoms with Crippen LogP contribution in [0.25, 0.3) is 0 Å². The highest BCUT2D eigenvalue weighted by Gasteiger charge is 2.06. The topological polar surface area (TPSA) is 0 Å². The van der Waals surface area contributed by atoms with Gasteiger partial charge in [0.15, 0.2) is 0 Å². The molecule has 1 unspecified atom stereocenters. The molecular weight excluding hydrogens is 235 g/mol. The summed E-state index contributed by atoms with van der Waals surface area (Å²) in [5.74, 6) is 0. The first-order valence-corrected chi connectivity index (χ1v) is 7.59. The summed E-state index contributed by atoms with van der Waals surface area (Å²) >= 11 is 0. The summed E-state index contributed by atoms with van der Waals surface area (Å²) in [6, 6.07) is 4.74. The first-order chi connectivity index (χ1) is 8.47. The number of benzene rings is 1. The minimum Gasteiger partial charge on any atom is -0.0884 e. The van der Waals surface area contributed by atoms with Gasteiger partial charge in [-0.05, 0) is 70.0 Å². The van der Waals surface area contributed by atoms with Crippen LogP contribution in [0.15, 0.2) is 35.2 Å². The maximum atomic E-state index is 2.37. The zero-order chi connectivity index (χ0) is 13.7. The smallest absolute Gasteiger partial charge is 0.00635 e.